The highest BCUT2D eigenvalue weighted by atomic mass is 79.9. The lowest BCUT2D eigenvalue weighted by molar-refractivity contribution is 0.691. The van der Waals surface area contributed by atoms with Gasteiger partial charge in [0.25, 0.3) is 0 Å². The average molecular weight is 312 g/mol. The molecule has 0 aliphatic carbocycles. The van der Waals surface area contributed by atoms with E-state index in [1.165, 1.54) is 11.1 Å². The summed E-state index contributed by atoms with van der Waals surface area (Å²) in [5.41, 5.74) is 2.42. The number of rotatable bonds is 4. The number of benzene rings is 1. The molecule has 1 N–H and O–H groups in total. The molecule has 0 aliphatic rings. The zero-order valence-electron chi connectivity index (χ0n) is 9.16. The Kier molecular flexibility index (Phi) is 4.54. The van der Waals surface area contributed by atoms with Crippen LogP contribution in [0.2, 0.25) is 5.02 Å². The largest absolute Gasteiger partial charge is 0.309 e. The van der Waals surface area contributed by atoms with Crippen molar-refractivity contribution in [1.29, 1.82) is 0 Å². The van der Waals surface area contributed by atoms with E-state index in [-0.39, 0.29) is 0 Å². The van der Waals surface area contributed by atoms with Gasteiger partial charge in [0, 0.05) is 35.0 Å². The Balaban J connectivity index is 1.90. The molecule has 1 heterocycles. The third kappa shape index (κ3) is 3.80. The van der Waals surface area contributed by atoms with E-state index in [1.54, 1.807) is 12.4 Å². The molecule has 0 unspecified atom stereocenters. The molecule has 2 nitrogen and oxygen atoms in total. The van der Waals surface area contributed by atoms with Gasteiger partial charge < -0.3 is 5.32 Å². The molecule has 0 aliphatic heterocycles. The topological polar surface area (TPSA) is 24.9 Å². The molecular formula is C13H12BrClN2. The maximum absolute atomic E-state index is 5.89. The third-order valence-corrected chi connectivity index (χ3v) is 3.38. The van der Waals surface area contributed by atoms with Crippen LogP contribution >= 0.6 is 27.5 Å². The average Bonchev–Trinajstić information content (AvgIpc) is 2.33. The Morgan fingerprint density at radius 2 is 1.88 bits per heavy atom. The Morgan fingerprint density at radius 1 is 1.12 bits per heavy atom. The van der Waals surface area contributed by atoms with Crippen LogP contribution in [0.3, 0.4) is 0 Å². The Labute approximate surface area is 114 Å². The number of nitrogens with one attached hydrogen (secondary N) is 1. The minimum Gasteiger partial charge on any atom is -0.309 e. The molecule has 0 radical (unpaired) electrons. The molecule has 0 bridgehead atoms. The first-order chi connectivity index (χ1) is 8.25. The Bertz CT molecular complexity index is 488. The maximum atomic E-state index is 5.89. The molecule has 88 valence electrons. The summed E-state index contributed by atoms with van der Waals surface area (Å²) in [6, 6.07) is 9.83. The number of hydrogen-bond donors (Lipinski definition) is 1. The second kappa shape index (κ2) is 6.15. The molecule has 2 aromatic rings. The van der Waals surface area contributed by atoms with Gasteiger partial charge in [0.15, 0.2) is 0 Å². The highest BCUT2D eigenvalue weighted by molar-refractivity contribution is 9.10. The fraction of sp³-hybridized carbons (Fsp3) is 0.154. The van der Waals surface area contributed by atoms with E-state index >= 15 is 0 Å². The Hall–Kier alpha value is -0.900. The highest BCUT2D eigenvalue weighted by Gasteiger charge is 2.00. The first-order valence-corrected chi connectivity index (χ1v) is 6.46. The lowest BCUT2D eigenvalue weighted by atomic mass is 10.2. The van der Waals surface area contributed by atoms with Crippen LogP contribution in [-0.2, 0) is 13.1 Å². The molecular weight excluding hydrogens is 300 g/mol. The summed E-state index contributed by atoms with van der Waals surface area (Å²) < 4.78 is 1.03. The predicted octanol–water partition coefficient (Wildman–Crippen LogP) is 3.79. The quantitative estimate of drug-likeness (QED) is 0.929. The van der Waals surface area contributed by atoms with E-state index in [2.05, 4.69) is 26.2 Å². The number of hydrogen-bond acceptors (Lipinski definition) is 2. The second-order valence-corrected chi connectivity index (χ2v) is 4.99. The maximum Gasteiger partial charge on any atom is 0.0417 e. The molecule has 1 aromatic carbocycles. The van der Waals surface area contributed by atoms with Gasteiger partial charge in [0.1, 0.15) is 0 Å². The van der Waals surface area contributed by atoms with E-state index in [0.717, 1.165) is 22.6 Å². The number of aromatic nitrogens is 1. The van der Waals surface area contributed by atoms with Crippen LogP contribution in [0.25, 0.3) is 0 Å². The smallest absolute Gasteiger partial charge is 0.0417 e. The van der Waals surface area contributed by atoms with Crippen molar-refractivity contribution in [2.45, 2.75) is 13.1 Å². The summed E-state index contributed by atoms with van der Waals surface area (Å²) in [7, 11) is 0. The number of nitrogens with zero attached hydrogens (tertiary/aromatic N) is 1. The van der Waals surface area contributed by atoms with Crippen LogP contribution < -0.4 is 5.32 Å². The SMILES string of the molecule is Clc1ccc(CNCc2ccncc2)c(Br)c1. The van der Waals surface area contributed by atoms with Crippen molar-refractivity contribution in [2.75, 3.05) is 0 Å². The standard InChI is InChI=1S/C13H12BrClN2/c14-13-7-12(15)2-1-11(13)9-17-8-10-3-5-16-6-4-10/h1-7,17H,8-9H2. The molecule has 0 saturated carbocycles. The molecule has 0 spiro atoms. The second-order valence-electron chi connectivity index (χ2n) is 3.69. The van der Waals surface area contributed by atoms with Crippen molar-refractivity contribution in [1.82, 2.24) is 10.3 Å². The molecule has 0 saturated heterocycles. The van der Waals surface area contributed by atoms with E-state index in [0.29, 0.717) is 0 Å². The van der Waals surface area contributed by atoms with Gasteiger partial charge in [0.05, 0.1) is 0 Å². The van der Waals surface area contributed by atoms with Gasteiger partial charge >= 0.3 is 0 Å². The molecule has 0 fully saturated rings. The van der Waals surface area contributed by atoms with Crippen molar-refractivity contribution in [3.05, 3.63) is 63.3 Å². The van der Waals surface area contributed by atoms with Gasteiger partial charge in [-0.1, -0.05) is 33.6 Å². The van der Waals surface area contributed by atoms with Crippen LogP contribution in [0.4, 0.5) is 0 Å². The van der Waals surface area contributed by atoms with Gasteiger partial charge in [-0.05, 0) is 35.4 Å². The van der Waals surface area contributed by atoms with Gasteiger partial charge in [-0.15, -0.1) is 0 Å². The van der Waals surface area contributed by atoms with Crippen molar-refractivity contribution in [2.24, 2.45) is 0 Å². The van der Waals surface area contributed by atoms with Gasteiger partial charge in [-0.2, -0.15) is 0 Å². The minimum atomic E-state index is 0.745. The Morgan fingerprint density at radius 3 is 2.59 bits per heavy atom. The van der Waals surface area contributed by atoms with Crippen LogP contribution in [0.15, 0.2) is 47.2 Å². The summed E-state index contributed by atoms with van der Waals surface area (Å²) in [5.74, 6) is 0. The summed E-state index contributed by atoms with van der Waals surface area (Å²) in [5, 5.41) is 4.12. The van der Waals surface area contributed by atoms with Crippen molar-refractivity contribution in [3.8, 4) is 0 Å². The number of halogens is 2. The fourth-order valence-electron chi connectivity index (χ4n) is 1.51. The molecule has 4 heteroatoms. The van der Waals surface area contributed by atoms with Crippen molar-refractivity contribution >= 4 is 27.5 Å². The monoisotopic (exact) mass is 310 g/mol. The van der Waals surface area contributed by atoms with Gasteiger partial charge in [-0.25, -0.2) is 0 Å². The van der Waals surface area contributed by atoms with E-state index in [9.17, 15) is 0 Å². The summed E-state index contributed by atoms with van der Waals surface area (Å²) in [4.78, 5) is 3.99. The summed E-state index contributed by atoms with van der Waals surface area (Å²) >= 11 is 9.39. The van der Waals surface area contributed by atoms with Crippen LogP contribution in [0.1, 0.15) is 11.1 Å². The molecule has 0 atom stereocenters. The normalized spacial score (nSPS) is 10.5. The van der Waals surface area contributed by atoms with E-state index in [4.69, 9.17) is 11.6 Å². The molecule has 1 aromatic heterocycles. The van der Waals surface area contributed by atoms with Crippen LogP contribution in [-0.4, -0.2) is 4.98 Å². The van der Waals surface area contributed by atoms with E-state index in [1.807, 2.05) is 30.3 Å². The van der Waals surface area contributed by atoms with Gasteiger partial charge in [0.2, 0.25) is 0 Å². The zero-order valence-corrected chi connectivity index (χ0v) is 11.5. The minimum absolute atomic E-state index is 0.745. The highest BCUT2D eigenvalue weighted by Crippen LogP contribution is 2.21. The van der Waals surface area contributed by atoms with Crippen LogP contribution in [0.5, 0.6) is 0 Å². The van der Waals surface area contributed by atoms with Crippen LogP contribution in [0, 0.1) is 0 Å². The van der Waals surface area contributed by atoms with Crippen molar-refractivity contribution < 1.29 is 0 Å². The molecule has 2 rings (SSSR count). The van der Waals surface area contributed by atoms with Gasteiger partial charge in [-0.3, -0.25) is 4.98 Å². The van der Waals surface area contributed by atoms with E-state index < -0.39 is 0 Å². The molecule has 17 heavy (non-hydrogen) atoms. The molecule has 0 amide bonds. The lowest BCUT2D eigenvalue weighted by Gasteiger charge is -2.07. The predicted molar refractivity (Wildman–Crippen MR) is 73.9 cm³/mol. The fourth-order valence-corrected chi connectivity index (χ4v) is 2.33. The third-order valence-electron chi connectivity index (χ3n) is 2.41. The lowest BCUT2D eigenvalue weighted by Crippen LogP contribution is -2.12. The summed E-state index contributed by atoms with van der Waals surface area (Å²) in [6.07, 6.45) is 3.60. The first-order valence-electron chi connectivity index (χ1n) is 5.29. The summed E-state index contributed by atoms with van der Waals surface area (Å²) in [6.45, 7) is 1.64. The van der Waals surface area contributed by atoms with Crippen molar-refractivity contribution in [3.63, 3.8) is 0 Å². The zero-order chi connectivity index (χ0) is 12.1. The number of pyridine rings is 1. The first kappa shape index (κ1) is 12.6.